The quantitative estimate of drug-likeness (QED) is 0.285. The molecule has 6 nitrogen and oxygen atoms in total. The minimum Gasteiger partial charge on any atom is -0.281 e. The van der Waals surface area contributed by atoms with Crippen molar-refractivity contribution in [2.45, 2.75) is 13.3 Å². The SMILES string of the molecule is CC(=O)N(c1cccc(-n2c(=O)c(Cc3ccccc3)nc3cccnc32)c1)c1cccc2ccccc12. The number of hydrogen-bond donors (Lipinski definition) is 0. The zero-order valence-electron chi connectivity index (χ0n) is 20.8. The van der Waals surface area contributed by atoms with E-state index in [0.717, 1.165) is 22.0 Å². The van der Waals surface area contributed by atoms with E-state index in [2.05, 4.69) is 9.97 Å². The molecule has 0 aliphatic heterocycles. The molecule has 0 bridgehead atoms. The minimum atomic E-state index is -0.239. The molecule has 1 amide bonds. The average Bonchev–Trinajstić information content (AvgIpc) is 2.94. The molecule has 0 atom stereocenters. The third-order valence-electron chi connectivity index (χ3n) is 6.57. The van der Waals surface area contributed by atoms with Crippen LogP contribution in [0.3, 0.4) is 0 Å². The van der Waals surface area contributed by atoms with E-state index in [9.17, 15) is 9.59 Å². The van der Waals surface area contributed by atoms with E-state index in [0.29, 0.717) is 34.7 Å². The highest BCUT2D eigenvalue weighted by atomic mass is 16.2. The molecule has 2 aromatic heterocycles. The number of carbonyl (C=O) groups is 1. The smallest absolute Gasteiger partial charge is 0.278 e. The molecule has 6 heteroatoms. The molecule has 0 radical (unpaired) electrons. The minimum absolute atomic E-state index is 0.131. The van der Waals surface area contributed by atoms with Gasteiger partial charge in [0, 0.05) is 24.9 Å². The van der Waals surface area contributed by atoms with Crippen molar-refractivity contribution < 1.29 is 4.79 Å². The lowest BCUT2D eigenvalue weighted by molar-refractivity contribution is -0.115. The molecule has 0 aliphatic rings. The van der Waals surface area contributed by atoms with Crippen LogP contribution < -0.4 is 10.5 Å². The Morgan fingerprint density at radius 2 is 1.61 bits per heavy atom. The molecule has 0 fully saturated rings. The Bertz CT molecular complexity index is 1860. The lowest BCUT2D eigenvalue weighted by Gasteiger charge is -2.24. The first-order chi connectivity index (χ1) is 18.6. The maximum absolute atomic E-state index is 13.8. The molecule has 0 unspecified atom stereocenters. The number of anilines is 2. The summed E-state index contributed by atoms with van der Waals surface area (Å²) in [5.41, 5.74) is 4.33. The van der Waals surface area contributed by atoms with Crippen LogP contribution in [-0.2, 0) is 11.2 Å². The van der Waals surface area contributed by atoms with Crippen molar-refractivity contribution in [1.29, 1.82) is 0 Å². The Kier molecular flexibility index (Phi) is 5.98. The van der Waals surface area contributed by atoms with Gasteiger partial charge < -0.3 is 0 Å². The Morgan fingerprint density at radius 1 is 0.842 bits per heavy atom. The van der Waals surface area contributed by atoms with Crippen LogP contribution in [0.2, 0.25) is 0 Å². The third kappa shape index (κ3) is 4.22. The number of aromatic nitrogens is 3. The summed E-state index contributed by atoms with van der Waals surface area (Å²) in [6.45, 7) is 1.54. The van der Waals surface area contributed by atoms with Crippen molar-refractivity contribution >= 4 is 39.2 Å². The van der Waals surface area contributed by atoms with Gasteiger partial charge in [-0.25, -0.2) is 9.97 Å². The van der Waals surface area contributed by atoms with Gasteiger partial charge in [-0.15, -0.1) is 0 Å². The van der Waals surface area contributed by atoms with E-state index < -0.39 is 0 Å². The van der Waals surface area contributed by atoms with Crippen LogP contribution in [0.25, 0.3) is 27.6 Å². The summed E-state index contributed by atoms with van der Waals surface area (Å²) >= 11 is 0. The molecule has 6 aromatic rings. The lowest BCUT2D eigenvalue weighted by Crippen LogP contribution is -2.26. The number of pyridine rings is 1. The first kappa shape index (κ1) is 23.3. The van der Waals surface area contributed by atoms with Gasteiger partial charge in [0.05, 0.1) is 17.1 Å². The molecule has 0 aliphatic carbocycles. The second-order valence-corrected chi connectivity index (χ2v) is 9.08. The van der Waals surface area contributed by atoms with Crippen molar-refractivity contribution in [3.8, 4) is 5.69 Å². The molecule has 2 heterocycles. The van der Waals surface area contributed by atoms with E-state index in [4.69, 9.17) is 0 Å². The molecular weight excluding hydrogens is 472 g/mol. The zero-order valence-corrected chi connectivity index (χ0v) is 20.8. The number of amides is 1. The van der Waals surface area contributed by atoms with E-state index >= 15 is 0 Å². The third-order valence-corrected chi connectivity index (χ3v) is 6.57. The number of fused-ring (bicyclic) bond motifs is 2. The first-order valence-corrected chi connectivity index (χ1v) is 12.4. The summed E-state index contributed by atoms with van der Waals surface area (Å²) in [7, 11) is 0. The highest BCUT2D eigenvalue weighted by molar-refractivity contribution is 6.07. The number of nitrogens with zero attached hydrogens (tertiary/aromatic N) is 4. The largest absolute Gasteiger partial charge is 0.281 e. The summed E-state index contributed by atoms with van der Waals surface area (Å²) < 4.78 is 1.59. The number of carbonyl (C=O) groups excluding carboxylic acids is 1. The van der Waals surface area contributed by atoms with Crippen LogP contribution in [-0.4, -0.2) is 20.4 Å². The summed E-state index contributed by atoms with van der Waals surface area (Å²) in [5, 5.41) is 2.01. The molecule has 0 spiro atoms. The summed E-state index contributed by atoms with van der Waals surface area (Å²) in [6, 6.07) is 34.8. The maximum atomic E-state index is 13.8. The lowest BCUT2D eigenvalue weighted by atomic mass is 10.1. The normalized spacial score (nSPS) is 11.1. The van der Waals surface area contributed by atoms with Crippen LogP contribution in [0.15, 0.2) is 120 Å². The fourth-order valence-electron chi connectivity index (χ4n) is 4.88. The number of hydrogen-bond acceptors (Lipinski definition) is 4. The van der Waals surface area contributed by atoms with Crippen molar-refractivity contribution in [2.24, 2.45) is 0 Å². The van der Waals surface area contributed by atoms with Gasteiger partial charge >= 0.3 is 0 Å². The van der Waals surface area contributed by atoms with Gasteiger partial charge in [0.2, 0.25) is 5.91 Å². The van der Waals surface area contributed by atoms with Gasteiger partial charge in [-0.3, -0.25) is 19.1 Å². The Balaban J connectivity index is 1.53. The standard InChI is InChI=1S/C32H24N4O2/c1-22(37)35(30-18-7-13-24-12-5-6-16-27(24)30)25-14-8-15-26(21-25)36-31-28(17-9-19-33-31)34-29(32(36)38)20-23-10-3-2-4-11-23/h2-19,21H,20H2,1H3. The fraction of sp³-hybridized carbons (Fsp3) is 0.0625. The highest BCUT2D eigenvalue weighted by Gasteiger charge is 2.19. The van der Waals surface area contributed by atoms with Gasteiger partial charge in [0.25, 0.3) is 5.56 Å². The molecule has 0 saturated carbocycles. The first-order valence-electron chi connectivity index (χ1n) is 12.4. The summed E-state index contributed by atoms with van der Waals surface area (Å²) in [4.78, 5) is 37.7. The van der Waals surface area contributed by atoms with Crippen LogP contribution in [0, 0.1) is 0 Å². The average molecular weight is 497 g/mol. The van der Waals surface area contributed by atoms with Gasteiger partial charge in [0.1, 0.15) is 11.2 Å². The van der Waals surface area contributed by atoms with Gasteiger partial charge in [-0.05, 0) is 47.3 Å². The van der Waals surface area contributed by atoms with E-state index in [-0.39, 0.29) is 11.5 Å². The molecule has 0 saturated heterocycles. The van der Waals surface area contributed by atoms with Crippen molar-refractivity contribution in [1.82, 2.24) is 14.5 Å². The predicted octanol–water partition coefficient (Wildman–Crippen LogP) is 6.21. The monoisotopic (exact) mass is 496 g/mol. The van der Waals surface area contributed by atoms with Gasteiger partial charge in [-0.2, -0.15) is 0 Å². The van der Waals surface area contributed by atoms with E-state index in [1.165, 1.54) is 0 Å². The van der Waals surface area contributed by atoms with Crippen molar-refractivity contribution in [3.63, 3.8) is 0 Å². The number of benzene rings is 4. The summed E-state index contributed by atoms with van der Waals surface area (Å²) in [5.74, 6) is -0.131. The molecule has 184 valence electrons. The Labute approximate surface area is 219 Å². The maximum Gasteiger partial charge on any atom is 0.278 e. The molecular formula is C32H24N4O2. The van der Waals surface area contributed by atoms with Gasteiger partial charge in [0.15, 0.2) is 5.65 Å². The highest BCUT2D eigenvalue weighted by Crippen LogP contribution is 2.33. The summed E-state index contributed by atoms with van der Waals surface area (Å²) in [6.07, 6.45) is 2.05. The molecule has 6 rings (SSSR count). The number of rotatable bonds is 5. The van der Waals surface area contributed by atoms with Crippen LogP contribution in [0.4, 0.5) is 11.4 Å². The van der Waals surface area contributed by atoms with Crippen LogP contribution >= 0.6 is 0 Å². The zero-order chi connectivity index (χ0) is 26.1. The topological polar surface area (TPSA) is 68.1 Å². The van der Waals surface area contributed by atoms with Gasteiger partial charge in [-0.1, -0.05) is 72.8 Å². The Morgan fingerprint density at radius 3 is 2.45 bits per heavy atom. The molecule has 38 heavy (non-hydrogen) atoms. The predicted molar refractivity (Wildman–Crippen MR) is 151 cm³/mol. The molecule has 0 N–H and O–H groups in total. The van der Waals surface area contributed by atoms with E-state index in [1.807, 2.05) is 109 Å². The van der Waals surface area contributed by atoms with Crippen LogP contribution in [0.5, 0.6) is 0 Å². The Hall–Kier alpha value is -5.10. The second kappa shape index (κ2) is 9.75. The molecule has 4 aromatic carbocycles. The van der Waals surface area contributed by atoms with Crippen LogP contribution in [0.1, 0.15) is 18.2 Å². The fourth-order valence-corrected chi connectivity index (χ4v) is 4.88. The van der Waals surface area contributed by atoms with Crippen molar-refractivity contribution in [3.05, 3.63) is 137 Å². The van der Waals surface area contributed by atoms with E-state index in [1.54, 1.807) is 22.6 Å². The second-order valence-electron chi connectivity index (χ2n) is 9.08. The van der Waals surface area contributed by atoms with Crippen molar-refractivity contribution in [2.75, 3.05) is 4.90 Å².